The lowest BCUT2D eigenvalue weighted by Crippen LogP contribution is -2.36. The molecule has 3 heterocycles. The standard InChI is InChI=1S/C63H38N2OS/c1-2-17-42-39(15-1)16-13-27-54(42)65-55-26-9-4-19-44(55)48-37-40(31-34-57(48)65)64(41-32-36-61-49(38-41)45-20-5-12-30-60(45)67-61)56-35-33-46-43-18-3-6-22-50(43)63(53-25-14-21-47(56)62(46)53)51-23-7-10-28-58(51)66-59-29-11-8-24-52(59)63/h1-38H. The summed E-state index contributed by atoms with van der Waals surface area (Å²) >= 11 is 1.86. The van der Waals surface area contributed by atoms with E-state index in [4.69, 9.17) is 4.74 Å². The number of ether oxygens (including phenoxy) is 1. The van der Waals surface area contributed by atoms with Gasteiger partial charge in [0.15, 0.2) is 0 Å². The summed E-state index contributed by atoms with van der Waals surface area (Å²) in [6.07, 6.45) is 0. The van der Waals surface area contributed by atoms with Crippen LogP contribution < -0.4 is 9.64 Å². The van der Waals surface area contributed by atoms with Gasteiger partial charge in [0.25, 0.3) is 0 Å². The van der Waals surface area contributed by atoms with Gasteiger partial charge in [-0.2, -0.15) is 0 Å². The lowest BCUT2D eigenvalue weighted by Gasteiger charge is -2.45. The molecular weight excluding hydrogens is 833 g/mol. The Hall–Kier alpha value is -8.44. The fourth-order valence-corrected chi connectivity index (χ4v) is 13.0. The maximum absolute atomic E-state index is 6.75. The second kappa shape index (κ2) is 13.8. The molecule has 1 aliphatic carbocycles. The number of hydrogen-bond acceptors (Lipinski definition) is 3. The Morgan fingerprint density at radius 3 is 1.84 bits per heavy atom. The van der Waals surface area contributed by atoms with Gasteiger partial charge in [0.1, 0.15) is 11.5 Å². The molecular formula is C63H38N2OS. The average molecular weight is 871 g/mol. The van der Waals surface area contributed by atoms with E-state index in [1.54, 1.807) is 0 Å². The molecule has 0 saturated carbocycles. The van der Waals surface area contributed by atoms with Crippen molar-refractivity contribution >= 4 is 91.9 Å². The van der Waals surface area contributed by atoms with Crippen LogP contribution in [-0.2, 0) is 5.41 Å². The van der Waals surface area contributed by atoms with Gasteiger partial charge < -0.3 is 14.2 Å². The molecule has 13 aromatic rings. The van der Waals surface area contributed by atoms with Crippen molar-refractivity contribution in [2.24, 2.45) is 0 Å². The average Bonchev–Trinajstić information content (AvgIpc) is 3.93. The SMILES string of the molecule is c1ccc2c(c1)Oc1ccccc1C21c2ccccc2-c2ccc(N(c3ccc4sc5ccccc5c4c3)c3ccc4c(c3)c3ccccc3n4-c3cccc4ccccc34)c3cccc1c23. The summed E-state index contributed by atoms with van der Waals surface area (Å²) in [5.41, 5.74) is 13.6. The Kier molecular flexibility index (Phi) is 7.58. The van der Waals surface area contributed by atoms with Crippen LogP contribution in [0.1, 0.15) is 22.3 Å². The predicted molar refractivity (Wildman–Crippen MR) is 281 cm³/mol. The maximum Gasteiger partial charge on any atom is 0.132 e. The van der Waals surface area contributed by atoms with Crippen molar-refractivity contribution in [3.63, 3.8) is 0 Å². The minimum Gasteiger partial charge on any atom is -0.457 e. The van der Waals surface area contributed by atoms with Crippen molar-refractivity contribution in [3.8, 4) is 28.3 Å². The zero-order valence-electron chi connectivity index (χ0n) is 36.2. The van der Waals surface area contributed by atoms with Crippen molar-refractivity contribution in [2.75, 3.05) is 4.90 Å². The number of fused-ring (bicyclic) bond motifs is 15. The summed E-state index contributed by atoms with van der Waals surface area (Å²) in [5, 5.41) is 9.88. The normalized spacial score (nSPS) is 13.3. The Balaban J connectivity index is 1.04. The highest BCUT2D eigenvalue weighted by Gasteiger charge is 2.49. The van der Waals surface area contributed by atoms with E-state index in [0.29, 0.717) is 0 Å². The van der Waals surface area contributed by atoms with Crippen LogP contribution in [0, 0.1) is 0 Å². The van der Waals surface area contributed by atoms with Crippen molar-refractivity contribution < 1.29 is 4.74 Å². The van der Waals surface area contributed by atoms with Crippen molar-refractivity contribution in [1.29, 1.82) is 0 Å². The molecule has 0 unspecified atom stereocenters. The molecule has 0 fully saturated rings. The summed E-state index contributed by atoms with van der Waals surface area (Å²) < 4.78 is 11.8. The van der Waals surface area contributed by atoms with E-state index in [2.05, 4.69) is 240 Å². The quantitative estimate of drug-likeness (QED) is 0.175. The van der Waals surface area contributed by atoms with E-state index in [1.807, 2.05) is 11.3 Å². The van der Waals surface area contributed by atoms with E-state index in [1.165, 1.54) is 91.5 Å². The van der Waals surface area contributed by atoms with Gasteiger partial charge in [-0.15, -0.1) is 11.3 Å². The second-order valence-electron chi connectivity index (χ2n) is 17.9. The molecule has 1 spiro atoms. The van der Waals surface area contributed by atoms with Crippen LogP contribution >= 0.6 is 11.3 Å². The van der Waals surface area contributed by atoms with E-state index in [9.17, 15) is 0 Å². The van der Waals surface area contributed by atoms with Gasteiger partial charge in [-0.05, 0) is 106 Å². The zero-order chi connectivity index (χ0) is 43.8. The molecule has 0 saturated heterocycles. The second-order valence-corrected chi connectivity index (χ2v) is 19.0. The van der Waals surface area contributed by atoms with Crippen LogP contribution in [0.15, 0.2) is 231 Å². The first kappa shape index (κ1) is 36.9. The van der Waals surface area contributed by atoms with Gasteiger partial charge in [0.05, 0.1) is 27.8 Å². The van der Waals surface area contributed by atoms with Crippen molar-refractivity contribution in [3.05, 3.63) is 253 Å². The molecule has 0 bridgehead atoms. The first-order valence-corrected chi connectivity index (χ1v) is 23.8. The number of hydrogen-bond donors (Lipinski definition) is 0. The number of benzene rings is 11. The topological polar surface area (TPSA) is 17.4 Å². The Morgan fingerprint density at radius 1 is 0.388 bits per heavy atom. The zero-order valence-corrected chi connectivity index (χ0v) is 37.0. The molecule has 67 heavy (non-hydrogen) atoms. The van der Waals surface area contributed by atoms with Gasteiger partial charge in [-0.3, -0.25) is 0 Å². The van der Waals surface area contributed by atoms with E-state index >= 15 is 0 Å². The van der Waals surface area contributed by atoms with Gasteiger partial charge >= 0.3 is 0 Å². The largest absolute Gasteiger partial charge is 0.457 e. The highest BCUT2D eigenvalue weighted by molar-refractivity contribution is 7.25. The molecule has 2 aliphatic rings. The van der Waals surface area contributed by atoms with Gasteiger partial charge in [-0.1, -0.05) is 158 Å². The molecule has 1 aliphatic heterocycles. The number of rotatable bonds is 4. The lowest BCUT2D eigenvalue weighted by molar-refractivity contribution is 0.435. The molecule has 0 amide bonds. The van der Waals surface area contributed by atoms with Crippen LogP contribution in [-0.4, -0.2) is 4.57 Å². The molecule has 15 rings (SSSR count). The predicted octanol–water partition coefficient (Wildman–Crippen LogP) is 17.4. The van der Waals surface area contributed by atoms with Crippen LogP contribution in [0.3, 0.4) is 0 Å². The summed E-state index contributed by atoms with van der Waals surface area (Å²) in [5.74, 6) is 1.78. The van der Waals surface area contributed by atoms with Crippen LogP contribution in [0.4, 0.5) is 17.1 Å². The molecule has 0 radical (unpaired) electrons. The highest BCUT2D eigenvalue weighted by atomic mass is 32.1. The van der Waals surface area contributed by atoms with Gasteiger partial charge in [-0.25, -0.2) is 0 Å². The fourth-order valence-electron chi connectivity index (χ4n) is 11.9. The number of aromatic nitrogens is 1. The third kappa shape index (κ3) is 5.00. The van der Waals surface area contributed by atoms with Crippen LogP contribution in [0.25, 0.3) is 80.3 Å². The summed E-state index contributed by atoms with van der Waals surface area (Å²) in [4.78, 5) is 2.51. The Labute approximate surface area is 390 Å². The number of thiophene rings is 1. The summed E-state index contributed by atoms with van der Waals surface area (Å²) in [6, 6.07) is 85.2. The highest BCUT2D eigenvalue weighted by Crippen LogP contribution is 2.62. The molecule has 312 valence electrons. The third-order valence-corrected chi connectivity index (χ3v) is 15.8. The molecule has 4 heteroatoms. The summed E-state index contributed by atoms with van der Waals surface area (Å²) in [6.45, 7) is 0. The number of anilines is 3. The van der Waals surface area contributed by atoms with Gasteiger partial charge in [0.2, 0.25) is 0 Å². The maximum atomic E-state index is 6.75. The van der Waals surface area contributed by atoms with E-state index in [-0.39, 0.29) is 0 Å². The molecule has 0 N–H and O–H groups in total. The number of para-hydroxylation sites is 3. The van der Waals surface area contributed by atoms with Gasteiger partial charge in [0, 0.05) is 64.2 Å². The third-order valence-electron chi connectivity index (χ3n) is 14.6. The first-order chi connectivity index (χ1) is 33.2. The fraction of sp³-hybridized carbons (Fsp3) is 0.0159. The minimum atomic E-state index is -0.616. The van der Waals surface area contributed by atoms with E-state index < -0.39 is 5.41 Å². The Bertz CT molecular complexity index is 4180. The number of nitrogens with zero attached hydrogens (tertiary/aromatic N) is 2. The molecule has 2 aromatic heterocycles. The lowest BCUT2D eigenvalue weighted by atomic mass is 9.58. The monoisotopic (exact) mass is 870 g/mol. The molecule has 11 aromatic carbocycles. The van der Waals surface area contributed by atoms with Crippen molar-refractivity contribution in [1.82, 2.24) is 4.57 Å². The van der Waals surface area contributed by atoms with Crippen molar-refractivity contribution in [2.45, 2.75) is 5.41 Å². The van der Waals surface area contributed by atoms with Crippen LogP contribution in [0.5, 0.6) is 11.5 Å². The van der Waals surface area contributed by atoms with Crippen LogP contribution in [0.2, 0.25) is 0 Å². The first-order valence-electron chi connectivity index (χ1n) is 23.0. The molecule has 0 atom stereocenters. The summed E-state index contributed by atoms with van der Waals surface area (Å²) in [7, 11) is 0. The minimum absolute atomic E-state index is 0.616. The Morgan fingerprint density at radius 2 is 0.985 bits per heavy atom. The van der Waals surface area contributed by atoms with E-state index in [0.717, 1.165) is 39.7 Å². The molecule has 3 nitrogen and oxygen atoms in total. The smallest absolute Gasteiger partial charge is 0.132 e.